The number of thioether (sulfide) groups is 1. The summed E-state index contributed by atoms with van der Waals surface area (Å²) in [6.45, 7) is 2.04. The first kappa shape index (κ1) is 22.9. The zero-order valence-electron chi connectivity index (χ0n) is 18.8. The molecule has 9 heteroatoms. The second-order valence-electron chi connectivity index (χ2n) is 7.85. The monoisotopic (exact) mass is 491 g/mol. The predicted octanol–water partition coefficient (Wildman–Crippen LogP) is 5.61. The number of fused-ring (bicyclic) bond motifs is 1. The van der Waals surface area contributed by atoms with Crippen LogP contribution in [0.25, 0.3) is 0 Å². The predicted molar refractivity (Wildman–Crippen MR) is 129 cm³/mol. The molecule has 0 bridgehead atoms. The second kappa shape index (κ2) is 10.2. The maximum Gasteiger partial charge on any atom is 0.277 e. The maximum absolute atomic E-state index is 13.9. The van der Waals surface area contributed by atoms with Crippen molar-refractivity contribution >= 4 is 23.4 Å². The van der Waals surface area contributed by atoms with Crippen LogP contribution in [0.5, 0.6) is 11.5 Å². The summed E-state index contributed by atoms with van der Waals surface area (Å²) in [5.74, 6) is 0.453. The molecule has 0 aliphatic carbocycles. The van der Waals surface area contributed by atoms with E-state index < -0.39 is 11.9 Å². The van der Waals surface area contributed by atoms with Gasteiger partial charge in [-0.2, -0.15) is 0 Å². The molecule has 0 unspecified atom stereocenters. The molecule has 0 N–H and O–H groups in total. The zero-order valence-corrected chi connectivity index (χ0v) is 19.7. The van der Waals surface area contributed by atoms with E-state index in [4.69, 9.17) is 13.9 Å². The molecule has 2 heterocycles. The summed E-state index contributed by atoms with van der Waals surface area (Å²) in [7, 11) is 0. The molecule has 2 atom stereocenters. The molecule has 178 valence electrons. The molecule has 0 saturated carbocycles. The molecule has 5 rings (SSSR count). The van der Waals surface area contributed by atoms with Crippen LogP contribution in [-0.2, 0) is 4.79 Å². The number of halogens is 1. The number of ether oxygens (including phenoxy) is 2. The zero-order chi connectivity index (χ0) is 24.2. The Balaban J connectivity index is 1.29. The van der Waals surface area contributed by atoms with E-state index in [1.807, 2.05) is 54.6 Å². The van der Waals surface area contributed by atoms with Gasteiger partial charge >= 0.3 is 0 Å². The Morgan fingerprint density at radius 2 is 1.83 bits per heavy atom. The van der Waals surface area contributed by atoms with Gasteiger partial charge in [-0.3, -0.25) is 9.69 Å². The van der Waals surface area contributed by atoms with Gasteiger partial charge in [0.25, 0.3) is 11.1 Å². The number of rotatable bonds is 7. The minimum Gasteiger partial charge on any atom is -0.489 e. The van der Waals surface area contributed by atoms with E-state index in [0.29, 0.717) is 12.4 Å². The molecule has 7 nitrogen and oxygen atoms in total. The molecule has 0 radical (unpaired) electrons. The lowest BCUT2D eigenvalue weighted by Gasteiger charge is -2.37. The van der Waals surface area contributed by atoms with Crippen LogP contribution in [0.3, 0.4) is 0 Å². The van der Waals surface area contributed by atoms with Crippen LogP contribution in [0.1, 0.15) is 30.5 Å². The number of nitrogens with zero attached hydrogens (tertiary/aromatic N) is 3. The highest BCUT2D eigenvalue weighted by Gasteiger charge is 2.33. The van der Waals surface area contributed by atoms with E-state index in [0.717, 1.165) is 23.0 Å². The highest BCUT2D eigenvalue weighted by atomic mass is 32.2. The molecule has 0 fully saturated rings. The van der Waals surface area contributed by atoms with Gasteiger partial charge in [0.15, 0.2) is 17.7 Å². The number of benzene rings is 3. The lowest BCUT2D eigenvalue weighted by Crippen LogP contribution is -2.42. The van der Waals surface area contributed by atoms with Gasteiger partial charge in [-0.25, -0.2) is 4.39 Å². The Morgan fingerprint density at radius 1 is 1.09 bits per heavy atom. The number of anilines is 1. The van der Waals surface area contributed by atoms with Crippen LogP contribution >= 0.6 is 11.8 Å². The summed E-state index contributed by atoms with van der Waals surface area (Å²) in [6, 6.07) is 23.1. The van der Waals surface area contributed by atoms with Crippen LogP contribution in [0.15, 0.2) is 88.5 Å². The second-order valence-corrected chi connectivity index (χ2v) is 8.78. The summed E-state index contributed by atoms with van der Waals surface area (Å²) < 4.78 is 31.1. The third kappa shape index (κ3) is 5.00. The first-order valence-electron chi connectivity index (χ1n) is 11.1. The van der Waals surface area contributed by atoms with Crippen molar-refractivity contribution in [3.8, 4) is 11.5 Å². The van der Waals surface area contributed by atoms with Crippen molar-refractivity contribution in [2.75, 3.05) is 17.3 Å². The third-order valence-electron chi connectivity index (χ3n) is 5.52. The topological polar surface area (TPSA) is 77.7 Å². The quantitative estimate of drug-likeness (QED) is 0.311. The molecule has 1 aliphatic rings. The smallest absolute Gasteiger partial charge is 0.277 e. The Hall–Kier alpha value is -3.85. The van der Waals surface area contributed by atoms with Crippen molar-refractivity contribution in [3.63, 3.8) is 0 Å². The average Bonchev–Trinajstić information content (AvgIpc) is 3.38. The summed E-state index contributed by atoms with van der Waals surface area (Å²) in [6.07, 6.45) is -0.655. The van der Waals surface area contributed by atoms with E-state index in [1.54, 1.807) is 24.0 Å². The Labute approximate surface area is 205 Å². The van der Waals surface area contributed by atoms with Crippen LogP contribution in [-0.4, -0.2) is 28.5 Å². The average molecular weight is 492 g/mol. The Bertz CT molecular complexity index is 1320. The number of hydrogen-bond acceptors (Lipinski definition) is 7. The molecule has 1 aromatic heterocycles. The molecule has 35 heavy (non-hydrogen) atoms. The van der Waals surface area contributed by atoms with Gasteiger partial charge < -0.3 is 13.9 Å². The summed E-state index contributed by atoms with van der Waals surface area (Å²) in [4.78, 5) is 15.2. The minimum atomic E-state index is -0.655. The van der Waals surface area contributed by atoms with E-state index in [9.17, 15) is 9.18 Å². The summed E-state index contributed by atoms with van der Waals surface area (Å²) >= 11 is 1.14. The number of aromatic nitrogens is 2. The number of hydrogen-bond donors (Lipinski definition) is 0. The summed E-state index contributed by atoms with van der Waals surface area (Å²) in [5, 5.41) is 8.25. The van der Waals surface area contributed by atoms with Crippen molar-refractivity contribution in [1.29, 1.82) is 0 Å². The fraction of sp³-hybridized carbons (Fsp3) is 0.192. The number of para-hydroxylation sites is 3. The van der Waals surface area contributed by atoms with E-state index in [1.165, 1.54) is 12.1 Å². The van der Waals surface area contributed by atoms with Gasteiger partial charge in [-0.05, 0) is 36.8 Å². The van der Waals surface area contributed by atoms with Crippen molar-refractivity contribution in [3.05, 3.63) is 96.1 Å². The lowest BCUT2D eigenvalue weighted by atomic mass is 10.0. The molecule has 1 aliphatic heterocycles. The SMILES string of the molecule is C[C@@H](Oc1ccccc1F)c1nnc(SCC(=O)N2c3ccccc3OC[C@H]2c2ccccc2)o1. The van der Waals surface area contributed by atoms with Crippen molar-refractivity contribution < 1.29 is 23.1 Å². The van der Waals surface area contributed by atoms with Crippen LogP contribution in [0.2, 0.25) is 0 Å². The highest BCUT2D eigenvalue weighted by Crippen LogP contribution is 2.40. The molecule has 0 saturated heterocycles. The third-order valence-corrected chi connectivity index (χ3v) is 6.32. The minimum absolute atomic E-state index is 0.0852. The fourth-order valence-corrected chi connectivity index (χ4v) is 4.46. The molecular weight excluding hydrogens is 469 g/mol. The molecule has 4 aromatic rings. The van der Waals surface area contributed by atoms with Crippen LogP contribution in [0.4, 0.5) is 10.1 Å². The van der Waals surface area contributed by atoms with Crippen molar-refractivity contribution in [2.24, 2.45) is 0 Å². The van der Waals surface area contributed by atoms with E-state index in [2.05, 4.69) is 10.2 Å². The van der Waals surface area contributed by atoms with Gasteiger partial charge in [0, 0.05) is 0 Å². The van der Waals surface area contributed by atoms with Gasteiger partial charge in [0.05, 0.1) is 17.5 Å². The van der Waals surface area contributed by atoms with Gasteiger partial charge in [0.2, 0.25) is 5.91 Å². The largest absolute Gasteiger partial charge is 0.489 e. The van der Waals surface area contributed by atoms with Gasteiger partial charge in [-0.15, -0.1) is 10.2 Å². The summed E-state index contributed by atoms with van der Waals surface area (Å²) in [5.41, 5.74) is 1.70. The molecule has 1 amide bonds. The number of amides is 1. The number of carbonyl (C=O) groups excluding carboxylic acids is 1. The standard InChI is InChI=1S/C26H22FN3O4S/c1-17(33-22-13-7-5-11-19(22)27)25-28-29-26(34-25)35-16-24(31)30-20-12-6-8-14-23(20)32-15-21(30)18-9-3-2-4-10-18/h2-14,17,21H,15-16H2,1H3/t17-,21+/m1/s1. The van der Waals surface area contributed by atoms with Crippen molar-refractivity contribution in [2.45, 2.75) is 24.3 Å². The van der Waals surface area contributed by atoms with E-state index in [-0.39, 0.29) is 34.6 Å². The Kier molecular flexibility index (Phi) is 6.67. The normalized spacial score (nSPS) is 15.7. The Morgan fingerprint density at radius 3 is 2.66 bits per heavy atom. The first-order chi connectivity index (χ1) is 17.1. The fourth-order valence-electron chi connectivity index (χ4n) is 3.84. The number of carbonyl (C=O) groups is 1. The first-order valence-corrected chi connectivity index (χ1v) is 12.0. The lowest BCUT2D eigenvalue weighted by molar-refractivity contribution is -0.117. The molecule has 3 aromatic carbocycles. The van der Waals surface area contributed by atoms with Crippen molar-refractivity contribution in [1.82, 2.24) is 10.2 Å². The van der Waals surface area contributed by atoms with Gasteiger partial charge in [-0.1, -0.05) is 66.4 Å². The molecular formula is C26H22FN3O4S. The molecule has 0 spiro atoms. The van der Waals surface area contributed by atoms with E-state index >= 15 is 0 Å². The van der Waals surface area contributed by atoms with Crippen LogP contribution in [0, 0.1) is 5.82 Å². The highest BCUT2D eigenvalue weighted by molar-refractivity contribution is 7.99. The maximum atomic E-state index is 13.9. The van der Waals surface area contributed by atoms with Gasteiger partial charge in [0.1, 0.15) is 12.4 Å². The van der Waals surface area contributed by atoms with Crippen LogP contribution < -0.4 is 14.4 Å².